The van der Waals surface area contributed by atoms with Crippen molar-refractivity contribution in [2.45, 2.75) is 10.1 Å². The van der Waals surface area contributed by atoms with Crippen LogP contribution >= 0.6 is 23.5 Å². The molecule has 2 aromatic rings. The maximum Gasteiger partial charge on any atom is 0.193 e. The van der Waals surface area contributed by atoms with Crippen molar-refractivity contribution in [3.8, 4) is 0 Å². The van der Waals surface area contributed by atoms with Gasteiger partial charge in [0.05, 0.1) is 10.1 Å². The van der Waals surface area contributed by atoms with Gasteiger partial charge in [-0.1, -0.05) is 0 Å². The van der Waals surface area contributed by atoms with Gasteiger partial charge in [0.15, 0.2) is 5.78 Å². The molecule has 2 rings (SSSR count). The fourth-order valence-corrected chi connectivity index (χ4v) is 2.83. The summed E-state index contributed by atoms with van der Waals surface area (Å²) < 4.78 is 0. The standard InChI is InChI=1S/C16H18N2OS2/c1-18(2)13-7-5-11(6-8-13)16(19)12-9-14(20-3)17-15(10-12)21-4/h5-10H,1-4H3. The van der Waals surface area contributed by atoms with E-state index in [1.807, 2.05) is 67.9 Å². The van der Waals surface area contributed by atoms with Crippen LogP contribution in [-0.2, 0) is 0 Å². The van der Waals surface area contributed by atoms with E-state index in [-0.39, 0.29) is 5.78 Å². The van der Waals surface area contributed by atoms with Gasteiger partial charge in [-0.2, -0.15) is 0 Å². The molecule has 0 aliphatic carbocycles. The van der Waals surface area contributed by atoms with Crippen LogP contribution in [0.2, 0.25) is 0 Å². The Morgan fingerprint density at radius 1 is 0.952 bits per heavy atom. The Balaban J connectivity index is 2.34. The summed E-state index contributed by atoms with van der Waals surface area (Å²) in [5.74, 6) is 0.0355. The van der Waals surface area contributed by atoms with E-state index in [4.69, 9.17) is 0 Å². The van der Waals surface area contributed by atoms with Gasteiger partial charge in [0, 0.05) is 30.9 Å². The molecule has 21 heavy (non-hydrogen) atoms. The molecule has 1 heterocycles. The van der Waals surface area contributed by atoms with E-state index in [1.54, 1.807) is 23.5 Å². The second-order valence-corrected chi connectivity index (χ2v) is 6.36. The van der Waals surface area contributed by atoms with Crippen molar-refractivity contribution in [2.24, 2.45) is 0 Å². The average molecular weight is 318 g/mol. The van der Waals surface area contributed by atoms with Gasteiger partial charge in [-0.05, 0) is 48.9 Å². The number of thioether (sulfide) groups is 2. The number of ketones is 1. The maximum absolute atomic E-state index is 12.6. The molecule has 0 aliphatic heterocycles. The van der Waals surface area contributed by atoms with E-state index >= 15 is 0 Å². The normalized spacial score (nSPS) is 10.5. The summed E-state index contributed by atoms with van der Waals surface area (Å²) in [6.07, 6.45) is 3.93. The SMILES string of the molecule is CSc1cc(C(=O)c2ccc(N(C)C)cc2)cc(SC)n1. The zero-order valence-electron chi connectivity index (χ0n) is 12.6. The van der Waals surface area contributed by atoms with Gasteiger partial charge in [-0.25, -0.2) is 4.98 Å². The lowest BCUT2D eigenvalue weighted by atomic mass is 10.0. The van der Waals surface area contributed by atoms with Crippen LogP contribution in [0.25, 0.3) is 0 Å². The maximum atomic E-state index is 12.6. The Hall–Kier alpha value is -1.46. The van der Waals surface area contributed by atoms with E-state index in [0.717, 1.165) is 15.7 Å². The lowest BCUT2D eigenvalue weighted by Gasteiger charge is -2.12. The number of rotatable bonds is 5. The highest BCUT2D eigenvalue weighted by molar-refractivity contribution is 7.99. The van der Waals surface area contributed by atoms with Crippen molar-refractivity contribution >= 4 is 35.0 Å². The third-order valence-corrected chi connectivity index (χ3v) is 4.36. The van der Waals surface area contributed by atoms with Crippen molar-refractivity contribution in [3.63, 3.8) is 0 Å². The second kappa shape index (κ2) is 7.00. The van der Waals surface area contributed by atoms with Crippen LogP contribution in [0.3, 0.4) is 0 Å². The molecule has 3 nitrogen and oxygen atoms in total. The lowest BCUT2D eigenvalue weighted by molar-refractivity contribution is 0.103. The van der Waals surface area contributed by atoms with Crippen LogP contribution in [0.15, 0.2) is 46.5 Å². The minimum Gasteiger partial charge on any atom is -0.378 e. The molecule has 110 valence electrons. The average Bonchev–Trinajstić information content (AvgIpc) is 2.53. The predicted octanol–water partition coefficient (Wildman–Crippen LogP) is 3.82. The number of hydrogen-bond donors (Lipinski definition) is 0. The molecule has 0 saturated heterocycles. The smallest absolute Gasteiger partial charge is 0.193 e. The first-order valence-corrected chi connectivity index (χ1v) is 8.92. The quantitative estimate of drug-likeness (QED) is 0.618. The molecule has 0 bridgehead atoms. The molecule has 0 N–H and O–H groups in total. The minimum absolute atomic E-state index is 0.0355. The molecule has 0 amide bonds. The lowest BCUT2D eigenvalue weighted by Crippen LogP contribution is -2.09. The van der Waals surface area contributed by atoms with Crippen LogP contribution in [-0.4, -0.2) is 37.4 Å². The third kappa shape index (κ3) is 3.80. The largest absolute Gasteiger partial charge is 0.378 e. The summed E-state index contributed by atoms with van der Waals surface area (Å²) in [7, 11) is 3.96. The summed E-state index contributed by atoms with van der Waals surface area (Å²) in [4.78, 5) is 19.1. The molecule has 0 radical (unpaired) electrons. The van der Waals surface area contributed by atoms with Crippen LogP contribution in [0.1, 0.15) is 15.9 Å². The van der Waals surface area contributed by atoms with Crippen molar-refractivity contribution in [3.05, 3.63) is 47.5 Å². The van der Waals surface area contributed by atoms with Crippen molar-refractivity contribution in [2.75, 3.05) is 31.5 Å². The van der Waals surface area contributed by atoms with E-state index in [1.165, 1.54) is 0 Å². The zero-order chi connectivity index (χ0) is 15.4. The van der Waals surface area contributed by atoms with E-state index in [2.05, 4.69) is 4.98 Å². The number of nitrogens with zero attached hydrogens (tertiary/aromatic N) is 2. The second-order valence-electron chi connectivity index (χ2n) is 4.71. The number of hydrogen-bond acceptors (Lipinski definition) is 5. The van der Waals surface area contributed by atoms with E-state index < -0.39 is 0 Å². The zero-order valence-corrected chi connectivity index (χ0v) is 14.2. The van der Waals surface area contributed by atoms with Gasteiger partial charge in [0.2, 0.25) is 0 Å². The van der Waals surface area contributed by atoms with Gasteiger partial charge >= 0.3 is 0 Å². The van der Waals surface area contributed by atoms with Gasteiger partial charge in [0.25, 0.3) is 0 Å². The highest BCUT2D eigenvalue weighted by atomic mass is 32.2. The van der Waals surface area contributed by atoms with Crippen LogP contribution in [0.5, 0.6) is 0 Å². The molecule has 0 fully saturated rings. The molecule has 5 heteroatoms. The van der Waals surface area contributed by atoms with Crippen molar-refractivity contribution in [1.29, 1.82) is 0 Å². The highest BCUT2D eigenvalue weighted by Gasteiger charge is 2.12. The number of benzene rings is 1. The fraction of sp³-hybridized carbons (Fsp3) is 0.250. The van der Waals surface area contributed by atoms with Gasteiger partial charge < -0.3 is 4.90 Å². The third-order valence-electron chi connectivity index (χ3n) is 3.10. The first kappa shape index (κ1) is 15.9. The summed E-state index contributed by atoms with van der Waals surface area (Å²) in [5.41, 5.74) is 2.47. The van der Waals surface area contributed by atoms with Gasteiger partial charge in [-0.15, -0.1) is 23.5 Å². The highest BCUT2D eigenvalue weighted by Crippen LogP contribution is 2.23. The molecule has 0 saturated carbocycles. The first-order chi connectivity index (χ1) is 10.0. The number of carbonyl (C=O) groups excluding carboxylic acids is 1. The molecule has 1 aromatic carbocycles. The topological polar surface area (TPSA) is 33.2 Å². The van der Waals surface area contributed by atoms with Gasteiger partial charge in [-0.3, -0.25) is 4.79 Å². The Bertz CT molecular complexity index is 617. The molecule has 1 aromatic heterocycles. The molecule has 0 spiro atoms. The number of pyridine rings is 1. The molecule has 0 aliphatic rings. The molecular formula is C16H18N2OS2. The Kier molecular flexibility index (Phi) is 5.31. The van der Waals surface area contributed by atoms with Crippen molar-refractivity contribution in [1.82, 2.24) is 4.98 Å². The van der Waals surface area contributed by atoms with Crippen LogP contribution < -0.4 is 4.90 Å². The Morgan fingerprint density at radius 2 is 1.48 bits per heavy atom. The summed E-state index contributed by atoms with van der Waals surface area (Å²) >= 11 is 3.10. The molecule has 0 atom stereocenters. The van der Waals surface area contributed by atoms with Crippen LogP contribution in [0.4, 0.5) is 5.69 Å². The van der Waals surface area contributed by atoms with Gasteiger partial charge in [0.1, 0.15) is 0 Å². The number of aromatic nitrogens is 1. The Morgan fingerprint density at radius 3 is 1.90 bits per heavy atom. The minimum atomic E-state index is 0.0355. The molecular weight excluding hydrogens is 300 g/mol. The number of anilines is 1. The van der Waals surface area contributed by atoms with Crippen molar-refractivity contribution < 1.29 is 4.79 Å². The molecule has 0 unspecified atom stereocenters. The monoisotopic (exact) mass is 318 g/mol. The van der Waals surface area contributed by atoms with E-state index in [0.29, 0.717) is 11.1 Å². The van der Waals surface area contributed by atoms with Crippen LogP contribution in [0, 0.1) is 0 Å². The first-order valence-electron chi connectivity index (χ1n) is 6.47. The Labute approximate surface area is 134 Å². The fourth-order valence-electron chi connectivity index (χ4n) is 1.90. The number of carbonyl (C=O) groups is 1. The van der Waals surface area contributed by atoms with E-state index in [9.17, 15) is 4.79 Å². The summed E-state index contributed by atoms with van der Waals surface area (Å²) in [5, 5.41) is 1.74. The predicted molar refractivity (Wildman–Crippen MR) is 92.0 cm³/mol. The summed E-state index contributed by atoms with van der Waals surface area (Å²) in [6.45, 7) is 0. The summed E-state index contributed by atoms with van der Waals surface area (Å²) in [6, 6.07) is 11.4.